The number of halogens is 1. The number of aromatic nitrogens is 1. The van der Waals surface area contributed by atoms with Crippen LogP contribution < -0.4 is 10.6 Å². The van der Waals surface area contributed by atoms with Crippen molar-refractivity contribution >= 4 is 18.3 Å². The van der Waals surface area contributed by atoms with Gasteiger partial charge in [0.25, 0.3) is 5.91 Å². The molecule has 2 aromatic rings. The Kier molecular flexibility index (Phi) is 7.70. The molecule has 1 aromatic heterocycles. The molecule has 28 heavy (non-hydrogen) atoms. The van der Waals surface area contributed by atoms with Crippen LogP contribution in [0.2, 0.25) is 0 Å². The number of piperidine rings is 1. The maximum absolute atomic E-state index is 13.0. The average molecular weight is 406 g/mol. The third-order valence-corrected chi connectivity index (χ3v) is 5.77. The van der Waals surface area contributed by atoms with Crippen molar-refractivity contribution in [2.75, 3.05) is 33.4 Å². The zero-order valence-electron chi connectivity index (χ0n) is 17.3. The molecular formula is C22H32ClN3O2. The number of hydrogen-bond donors (Lipinski definition) is 2. The summed E-state index contributed by atoms with van der Waals surface area (Å²) in [6, 6.07) is 10.3. The summed E-state index contributed by atoms with van der Waals surface area (Å²) in [5.74, 6) is -0.00283. The van der Waals surface area contributed by atoms with Gasteiger partial charge in [-0.25, -0.2) is 0 Å². The van der Waals surface area contributed by atoms with Gasteiger partial charge in [0.05, 0.1) is 12.2 Å². The minimum absolute atomic E-state index is 0. The van der Waals surface area contributed by atoms with Crippen LogP contribution in [0.5, 0.6) is 0 Å². The third kappa shape index (κ3) is 4.59. The first-order valence-electron chi connectivity index (χ1n) is 9.70. The molecule has 2 N–H and O–H groups in total. The highest BCUT2D eigenvalue weighted by molar-refractivity contribution is 5.96. The fraction of sp³-hybridized carbons (Fsp3) is 0.500. The summed E-state index contributed by atoms with van der Waals surface area (Å²) in [7, 11) is 1.74. The van der Waals surface area contributed by atoms with Gasteiger partial charge in [0, 0.05) is 36.1 Å². The van der Waals surface area contributed by atoms with Gasteiger partial charge in [-0.05, 0) is 64.4 Å². The number of amides is 1. The molecule has 0 saturated carbocycles. The number of methoxy groups -OCH3 is 1. The summed E-state index contributed by atoms with van der Waals surface area (Å²) < 4.78 is 7.62. The highest BCUT2D eigenvalue weighted by Crippen LogP contribution is 2.29. The Balaban J connectivity index is 0.00000280. The largest absolute Gasteiger partial charge is 0.384 e. The molecule has 2 heterocycles. The molecular weight excluding hydrogens is 374 g/mol. The van der Waals surface area contributed by atoms with Gasteiger partial charge in [-0.15, -0.1) is 12.4 Å². The molecule has 5 nitrogen and oxygen atoms in total. The number of carbonyl (C=O) groups excluding carboxylic acids is 1. The third-order valence-electron chi connectivity index (χ3n) is 5.77. The molecule has 0 aliphatic carbocycles. The zero-order valence-corrected chi connectivity index (χ0v) is 18.1. The van der Waals surface area contributed by atoms with E-state index in [1.54, 1.807) is 7.11 Å². The second kappa shape index (κ2) is 9.59. The molecule has 1 saturated heterocycles. The number of ether oxygens (including phenoxy) is 1. The molecule has 0 bridgehead atoms. The fourth-order valence-corrected chi connectivity index (χ4v) is 4.18. The van der Waals surface area contributed by atoms with Crippen molar-refractivity contribution in [1.82, 2.24) is 15.2 Å². The number of nitrogens with zero attached hydrogens (tertiary/aromatic N) is 1. The number of benzene rings is 1. The van der Waals surface area contributed by atoms with E-state index in [0.717, 1.165) is 48.6 Å². The van der Waals surface area contributed by atoms with E-state index in [9.17, 15) is 4.79 Å². The minimum atomic E-state index is -0.00283. The van der Waals surface area contributed by atoms with E-state index >= 15 is 0 Å². The fourth-order valence-electron chi connectivity index (χ4n) is 4.18. The Morgan fingerprint density at radius 2 is 1.89 bits per heavy atom. The van der Waals surface area contributed by atoms with Crippen LogP contribution >= 0.6 is 12.4 Å². The lowest BCUT2D eigenvalue weighted by Crippen LogP contribution is -2.47. The number of aryl methyl sites for hydroxylation is 2. The number of para-hydroxylation sites is 1. The lowest BCUT2D eigenvalue weighted by atomic mass is 9.79. The quantitative estimate of drug-likeness (QED) is 0.772. The van der Waals surface area contributed by atoms with Crippen LogP contribution in [0.1, 0.15) is 40.2 Å². The van der Waals surface area contributed by atoms with E-state index in [2.05, 4.69) is 41.2 Å². The Labute approximate surface area is 174 Å². The van der Waals surface area contributed by atoms with Crippen molar-refractivity contribution in [2.45, 2.75) is 33.6 Å². The Bertz CT molecular complexity index is 805. The summed E-state index contributed by atoms with van der Waals surface area (Å²) in [5.41, 5.74) is 5.14. The van der Waals surface area contributed by atoms with Gasteiger partial charge < -0.3 is 19.9 Å². The van der Waals surface area contributed by atoms with Crippen LogP contribution in [0.15, 0.2) is 30.3 Å². The minimum Gasteiger partial charge on any atom is -0.384 e. The van der Waals surface area contributed by atoms with Crippen molar-refractivity contribution in [3.8, 4) is 5.69 Å². The molecule has 0 atom stereocenters. The monoisotopic (exact) mass is 405 g/mol. The molecule has 1 fully saturated rings. The van der Waals surface area contributed by atoms with E-state index < -0.39 is 0 Å². The molecule has 1 amide bonds. The van der Waals surface area contributed by atoms with Crippen LogP contribution in [-0.2, 0) is 4.74 Å². The topological polar surface area (TPSA) is 55.3 Å². The number of rotatable bonds is 6. The lowest BCUT2D eigenvalue weighted by molar-refractivity contribution is 0.0511. The van der Waals surface area contributed by atoms with Crippen molar-refractivity contribution in [1.29, 1.82) is 0 Å². The van der Waals surface area contributed by atoms with Crippen LogP contribution in [0.4, 0.5) is 0 Å². The van der Waals surface area contributed by atoms with E-state index in [1.165, 1.54) is 5.56 Å². The van der Waals surface area contributed by atoms with Crippen molar-refractivity contribution in [2.24, 2.45) is 5.41 Å². The smallest absolute Gasteiger partial charge is 0.253 e. The second-order valence-corrected chi connectivity index (χ2v) is 7.77. The Morgan fingerprint density at radius 3 is 2.54 bits per heavy atom. The first kappa shape index (κ1) is 22.5. The molecule has 154 valence electrons. The van der Waals surface area contributed by atoms with E-state index in [-0.39, 0.29) is 23.7 Å². The van der Waals surface area contributed by atoms with E-state index in [4.69, 9.17) is 4.74 Å². The standard InChI is InChI=1S/C22H31N3O2.ClH/c1-16-7-5-6-8-20(16)25-17(2)13-19(18(25)3)21(26)24-14-22(15-27-4)9-11-23-12-10-22;/h5-8,13,23H,9-12,14-15H2,1-4H3,(H,24,26);1H. The second-order valence-electron chi connectivity index (χ2n) is 7.77. The molecule has 0 unspecified atom stereocenters. The maximum atomic E-state index is 13.0. The lowest BCUT2D eigenvalue weighted by Gasteiger charge is -2.37. The molecule has 1 aliphatic heterocycles. The van der Waals surface area contributed by atoms with Gasteiger partial charge in [-0.1, -0.05) is 18.2 Å². The molecule has 0 spiro atoms. The van der Waals surface area contributed by atoms with Crippen molar-refractivity contribution in [3.05, 3.63) is 52.8 Å². The van der Waals surface area contributed by atoms with E-state index in [1.807, 2.05) is 25.1 Å². The van der Waals surface area contributed by atoms with Crippen LogP contribution in [0.25, 0.3) is 5.69 Å². The van der Waals surface area contributed by atoms with Crippen LogP contribution in [-0.4, -0.2) is 43.8 Å². The maximum Gasteiger partial charge on any atom is 0.253 e. The highest BCUT2D eigenvalue weighted by Gasteiger charge is 2.33. The molecule has 1 aliphatic rings. The van der Waals surface area contributed by atoms with Crippen LogP contribution in [0.3, 0.4) is 0 Å². The Hall–Kier alpha value is -1.82. The van der Waals surface area contributed by atoms with Crippen molar-refractivity contribution in [3.63, 3.8) is 0 Å². The van der Waals surface area contributed by atoms with Gasteiger partial charge in [-0.3, -0.25) is 4.79 Å². The van der Waals surface area contributed by atoms with Gasteiger partial charge in [0.2, 0.25) is 0 Å². The summed E-state index contributed by atoms with van der Waals surface area (Å²) in [5, 5.41) is 6.57. The van der Waals surface area contributed by atoms with Crippen LogP contribution in [0, 0.1) is 26.2 Å². The predicted octanol–water partition coefficient (Wildman–Crippen LogP) is 3.57. The molecule has 3 rings (SSSR count). The summed E-state index contributed by atoms with van der Waals surface area (Å²) >= 11 is 0. The first-order valence-corrected chi connectivity index (χ1v) is 9.70. The van der Waals surface area contributed by atoms with Gasteiger partial charge in [0.1, 0.15) is 0 Å². The van der Waals surface area contributed by atoms with Gasteiger partial charge >= 0.3 is 0 Å². The molecule has 0 radical (unpaired) electrons. The predicted molar refractivity (Wildman–Crippen MR) is 116 cm³/mol. The van der Waals surface area contributed by atoms with E-state index in [0.29, 0.717) is 13.2 Å². The molecule has 1 aromatic carbocycles. The number of nitrogens with one attached hydrogen (secondary N) is 2. The summed E-state index contributed by atoms with van der Waals surface area (Å²) in [6.45, 7) is 9.44. The summed E-state index contributed by atoms with van der Waals surface area (Å²) in [6.07, 6.45) is 2.03. The number of carbonyl (C=O) groups is 1. The normalized spacial score (nSPS) is 15.7. The van der Waals surface area contributed by atoms with Gasteiger partial charge in [0.15, 0.2) is 0 Å². The SMILES string of the molecule is COCC1(CNC(=O)c2cc(C)n(-c3ccccc3C)c2C)CCNCC1.Cl. The number of hydrogen-bond acceptors (Lipinski definition) is 3. The Morgan fingerprint density at radius 1 is 1.21 bits per heavy atom. The summed E-state index contributed by atoms with van der Waals surface area (Å²) in [4.78, 5) is 13.0. The van der Waals surface area contributed by atoms with Crippen molar-refractivity contribution < 1.29 is 9.53 Å². The highest BCUT2D eigenvalue weighted by atomic mass is 35.5. The first-order chi connectivity index (χ1) is 13.0. The molecule has 6 heteroatoms. The van der Waals surface area contributed by atoms with Gasteiger partial charge in [-0.2, -0.15) is 0 Å². The zero-order chi connectivity index (χ0) is 19.4. The average Bonchev–Trinajstić information content (AvgIpc) is 2.96.